The first-order valence-corrected chi connectivity index (χ1v) is 11.0. The lowest BCUT2D eigenvalue weighted by molar-refractivity contribution is -0.127. The van der Waals surface area contributed by atoms with E-state index in [2.05, 4.69) is 38.2 Å². The van der Waals surface area contributed by atoms with Crippen LogP contribution in [0, 0.1) is 23.2 Å². The predicted octanol–water partition coefficient (Wildman–Crippen LogP) is 5.30. The molecule has 0 radical (unpaired) electrons. The Balaban J connectivity index is 1.29. The predicted molar refractivity (Wildman–Crippen MR) is 109 cm³/mol. The van der Waals surface area contributed by atoms with Crippen LogP contribution >= 0.6 is 0 Å². The molecule has 4 bridgehead atoms. The van der Waals surface area contributed by atoms with Crippen molar-refractivity contribution in [3.63, 3.8) is 0 Å². The molecule has 0 spiro atoms. The summed E-state index contributed by atoms with van der Waals surface area (Å²) in [6, 6.07) is 8.45. The molecule has 148 valence electrons. The minimum atomic E-state index is 0.0178. The first-order valence-electron chi connectivity index (χ1n) is 11.0. The summed E-state index contributed by atoms with van der Waals surface area (Å²) in [7, 11) is 0. The molecule has 1 aromatic rings. The van der Waals surface area contributed by atoms with E-state index in [1.165, 1.54) is 44.1 Å². The third kappa shape index (κ3) is 3.88. The van der Waals surface area contributed by atoms with Gasteiger partial charge in [0.2, 0.25) is 0 Å². The molecule has 4 fully saturated rings. The molecule has 1 amide bonds. The molecule has 1 aromatic carbocycles. The smallest absolute Gasteiger partial charge is 0.258 e. The Morgan fingerprint density at radius 1 is 1.07 bits per heavy atom. The summed E-state index contributed by atoms with van der Waals surface area (Å²) in [5, 5.41) is 3.28. The number of rotatable bonds is 7. The van der Waals surface area contributed by atoms with Crippen LogP contribution in [0.15, 0.2) is 24.3 Å². The van der Waals surface area contributed by atoms with Crippen molar-refractivity contribution in [3.8, 4) is 5.75 Å². The average molecular weight is 370 g/mol. The van der Waals surface area contributed by atoms with Crippen LogP contribution in [0.1, 0.15) is 77.2 Å². The SMILES string of the molecule is CCC(C)c1ccc(OCC(=O)NC(C)C23CC4CC(CC(C4)C2)C3)cc1. The zero-order valence-electron chi connectivity index (χ0n) is 17.2. The van der Waals surface area contributed by atoms with Crippen LogP contribution in [-0.2, 0) is 4.79 Å². The van der Waals surface area contributed by atoms with E-state index < -0.39 is 0 Å². The van der Waals surface area contributed by atoms with Gasteiger partial charge in [0.25, 0.3) is 5.91 Å². The highest BCUT2D eigenvalue weighted by atomic mass is 16.5. The van der Waals surface area contributed by atoms with Crippen molar-refractivity contribution >= 4 is 5.91 Å². The Labute approximate surface area is 164 Å². The first kappa shape index (κ1) is 18.8. The summed E-state index contributed by atoms with van der Waals surface area (Å²) in [4.78, 5) is 12.5. The van der Waals surface area contributed by atoms with Gasteiger partial charge in [-0.15, -0.1) is 0 Å². The Morgan fingerprint density at radius 2 is 1.63 bits per heavy atom. The van der Waals surface area contributed by atoms with Gasteiger partial charge >= 0.3 is 0 Å². The minimum absolute atomic E-state index is 0.0178. The molecule has 1 N–H and O–H groups in total. The van der Waals surface area contributed by atoms with Gasteiger partial charge in [-0.1, -0.05) is 26.0 Å². The fourth-order valence-corrected chi connectivity index (χ4v) is 6.42. The van der Waals surface area contributed by atoms with E-state index in [9.17, 15) is 4.79 Å². The molecule has 4 aliphatic carbocycles. The second kappa shape index (κ2) is 7.48. The molecule has 2 unspecified atom stereocenters. The quantitative estimate of drug-likeness (QED) is 0.708. The number of hydrogen-bond acceptors (Lipinski definition) is 2. The number of amides is 1. The maximum absolute atomic E-state index is 12.5. The van der Waals surface area contributed by atoms with E-state index in [1.54, 1.807) is 0 Å². The van der Waals surface area contributed by atoms with E-state index in [-0.39, 0.29) is 18.6 Å². The molecule has 0 heterocycles. The molecule has 4 aliphatic rings. The molecule has 5 rings (SSSR count). The summed E-state index contributed by atoms with van der Waals surface area (Å²) in [6.07, 6.45) is 9.40. The van der Waals surface area contributed by atoms with E-state index in [0.717, 1.165) is 29.9 Å². The zero-order chi connectivity index (χ0) is 19.0. The van der Waals surface area contributed by atoms with Gasteiger partial charge < -0.3 is 10.1 Å². The molecule has 0 saturated heterocycles. The molecule has 3 nitrogen and oxygen atoms in total. The van der Waals surface area contributed by atoms with Gasteiger partial charge in [-0.25, -0.2) is 0 Å². The van der Waals surface area contributed by atoms with E-state index in [1.807, 2.05) is 12.1 Å². The lowest BCUT2D eigenvalue weighted by Crippen LogP contribution is -2.56. The highest BCUT2D eigenvalue weighted by molar-refractivity contribution is 5.77. The second-order valence-electron chi connectivity index (χ2n) is 9.74. The summed E-state index contributed by atoms with van der Waals surface area (Å²) < 4.78 is 5.74. The van der Waals surface area contributed by atoms with Crippen molar-refractivity contribution in [2.75, 3.05) is 6.61 Å². The van der Waals surface area contributed by atoms with Crippen LogP contribution in [0.4, 0.5) is 0 Å². The maximum atomic E-state index is 12.5. The van der Waals surface area contributed by atoms with Crippen LogP contribution in [0.25, 0.3) is 0 Å². The summed E-state index contributed by atoms with van der Waals surface area (Å²) in [5.74, 6) is 4.09. The molecular weight excluding hydrogens is 334 g/mol. The number of benzene rings is 1. The highest BCUT2D eigenvalue weighted by Gasteiger charge is 2.53. The van der Waals surface area contributed by atoms with Gasteiger partial charge in [-0.2, -0.15) is 0 Å². The number of hydrogen-bond donors (Lipinski definition) is 1. The Bertz CT molecular complexity index is 630. The summed E-state index contributed by atoms with van der Waals surface area (Å²) >= 11 is 0. The Morgan fingerprint density at radius 3 is 2.15 bits per heavy atom. The highest BCUT2D eigenvalue weighted by Crippen LogP contribution is 2.61. The van der Waals surface area contributed by atoms with Crippen LogP contribution in [0.2, 0.25) is 0 Å². The van der Waals surface area contributed by atoms with Crippen LogP contribution in [0.3, 0.4) is 0 Å². The fraction of sp³-hybridized carbons (Fsp3) is 0.708. The third-order valence-corrected chi connectivity index (χ3v) is 7.81. The van der Waals surface area contributed by atoms with Gasteiger partial charge in [0, 0.05) is 6.04 Å². The molecule has 0 aliphatic heterocycles. The van der Waals surface area contributed by atoms with E-state index in [4.69, 9.17) is 4.74 Å². The van der Waals surface area contributed by atoms with Crippen LogP contribution in [-0.4, -0.2) is 18.6 Å². The zero-order valence-corrected chi connectivity index (χ0v) is 17.2. The number of nitrogens with one attached hydrogen (secondary N) is 1. The van der Waals surface area contributed by atoms with E-state index >= 15 is 0 Å². The monoisotopic (exact) mass is 369 g/mol. The standard InChI is InChI=1S/C24H35NO2/c1-4-16(2)21-5-7-22(8-6-21)27-15-23(26)25-17(3)24-12-18-9-19(13-24)11-20(10-18)14-24/h5-8,16-20H,4,9-15H2,1-3H3,(H,25,26). The first-order chi connectivity index (χ1) is 13.0. The second-order valence-corrected chi connectivity index (χ2v) is 9.74. The number of carbonyl (C=O) groups excluding carboxylic acids is 1. The maximum Gasteiger partial charge on any atom is 0.258 e. The van der Waals surface area contributed by atoms with Gasteiger partial charge in [0.15, 0.2) is 6.61 Å². The van der Waals surface area contributed by atoms with Gasteiger partial charge in [0.1, 0.15) is 5.75 Å². The van der Waals surface area contributed by atoms with Gasteiger partial charge in [-0.3, -0.25) is 4.79 Å². The average Bonchev–Trinajstić information content (AvgIpc) is 2.65. The topological polar surface area (TPSA) is 38.3 Å². The van der Waals surface area contributed by atoms with Gasteiger partial charge in [0.05, 0.1) is 0 Å². The lowest BCUT2D eigenvalue weighted by Gasteiger charge is -2.59. The molecule has 4 saturated carbocycles. The van der Waals surface area contributed by atoms with Gasteiger partial charge in [-0.05, 0) is 98.7 Å². The molecule has 0 aromatic heterocycles. The van der Waals surface area contributed by atoms with Crippen molar-refractivity contribution in [1.82, 2.24) is 5.32 Å². The lowest BCUT2D eigenvalue weighted by atomic mass is 9.48. The number of carbonyl (C=O) groups is 1. The normalized spacial score (nSPS) is 33.5. The molecule has 3 heteroatoms. The number of ether oxygens (including phenoxy) is 1. The van der Waals surface area contributed by atoms with E-state index in [0.29, 0.717) is 11.3 Å². The molecule has 2 atom stereocenters. The van der Waals surface area contributed by atoms with Crippen molar-refractivity contribution in [2.45, 2.75) is 77.7 Å². The van der Waals surface area contributed by atoms with Crippen molar-refractivity contribution < 1.29 is 9.53 Å². The fourth-order valence-electron chi connectivity index (χ4n) is 6.42. The largest absolute Gasteiger partial charge is 0.484 e. The molecular formula is C24H35NO2. The summed E-state index contributed by atoms with van der Waals surface area (Å²) in [6.45, 7) is 6.77. The van der Waals surface area contributed by atoms with Crippen LogP contribution < -0.4 is 10.1 Å². The minimum Gasteiger partial charge on any atom is -0.484 e. The Hall–Kier alpha value is -1.51. The molecule has 27 heavy (non-hydrogen) atoms. The van der Waals surface area contributed by atoms with Crippen LogP contribution in [0.5, 0.6) is 5.75 Å². The Kier molecular flexibility index (Phi) is 5.22. The van der Waals surface area contributed by atoms with Crippen molar-refractivity contribution in [2.24, 2.45) is 23.2 Å². The third-order valence-electron chi connectivity index (χ3n) is 7.81. The van der Waals surface area contributed by atoms with Crippen molar-refractivity contribution in [3.05, 3.63) is 29.8 Å². The van der Waals surface area contributed by atoms with Crippen molar-refractivity contribution in [1.29, 1.82) is 0 Å². The summed E-state index contributed by atoms with van der Waals surface area (Å²) in [5.41, 5.74) is 1.67.